The highest BCUT2D eigenvalue weighted by Crippen LogP contribution is 2.29. The minimum atomic E-state index is -1.11. The van der Waals surface area contributed by atoms with E-state index in [9.17, 15) is 19.5 Å². The number of hydrogen-bond donors (Lipinski definition) is 2. The van der Waals surface area contributed by atoms with Crippen molar-refractivity contribution in [1.82, 2.24) is 0 Å². The number of benzene rings is 1. The topological polar surface area (TPSA) is 101 Å². The lowest BCUT2D eigenvalue weighted by Gasteiger charge is -2.18. The fourth-order valence-corrected chi connectivity index (χ4v) is 2.54. The number of carboxylic acids is 1. The standard InChI is InChI=1S/C12H11IN2O4/c13-7-1-2-9(8(4-7)12(18)19)15-5-6(11(14)17)3-10(15)16/h1-2,4,6H,3,5H2,(H2,14,17)(H,18,19). The highest BCUT2D eigenvalue weighted by atomic mass is 127. The van der Waals surface area contributed by atoms with E-state index in [1.54, 1.807) is 12.1 Å². The molecule has 1 atom stereocenters. The number of nitrogens with two attached hydrogens (primary N) is 1. The van der Waals surface area contributed by atoms with Crippen LogP contribution in [-0.2, 0) is 9.59 Å². The zero-order chi connectivity index (χ0) is 14.2. The summed E-state index contributed by atoms with van der Waals surface area (Å²) in [7, 11) is 0. The van der Waals surface area contributed by atoms with E-state index >= 15 is 0 Å². The van der Waals surface area contributed by atoms with Gasteiger partial charge in [0.25, 0.3) is 0 Å². The average Bonchev–Trinajstić information content (AvgIpc) is 2.71. The Morgan fingerprint density at radius 2 is 2.11 bits per heavy atom. The highest BCUT2D eigenvalue weighted by Gasteiger charge is 2.35. The number of halogens is 1. The summed E-state index contributed by atoms with van der Waals surface area (Å²) >= 11 is 2.00. The van der Waals surface area contributed by atoms with Crippen LogP contribution in [0.4, 0.5) is 5.69 Å². The van der Waals surface area contributed by atoms with Gasteiger partial charge >= 0.3 is 5.97 Å². The molecule has 1 aromatic rings. The van der Waals surface area contributed by atoms with E-state index < -0.39 is 17.8 Å². The van der Waals surface area contributed by atoms with Gasteiger partial charge in [-0.05, 0) is 40.8 Å². The Labute approximate surface area is 122 Å². The second kappa shape index (κ2) is 5.16. The Morgan fingerprint density at radius 1 is 1.42 bits per heavy atom. The molecular formula is C12H11IN2O4. The molecule has 1 aliphatic heterocycles. The van der Waals surface area contributed by atoms with Crippen LogP contribution in [0.25, 0.3) is 0 Å². The van der Waals surface area contributed by atoms with E-state index in [1.165, 1.54) is 11.0 Å². The molecule has 1 fully saturated rings. The Hall–Kier alpha value is -1.64. The van der Waals surface area contributed by atoms with Crippen molar-refractivity contribution in [2.45, 2.75) is 6.42 Å². The average molecular weight is 374 g/mol. The summed E-state index contributed by atoms with van der Waals surface area (Å²) in [6.07, 6.45) is 0.0282. The van der Waals surface area contributed by atoms with Crippen molar-refractivity contribution in [3.63, 3.8) is 0 Å². The van der Waals surface area contributed by atoms with Gasteiger partial charge < -0.3 is 15.7 Å². The molecule has 7 heteroatoms. The van der Waals surface area contributed by atoms with Gasteiger partial charge in [0.15, 0.2) is 0 Å². The van der Waals surface area contributed by atoms with Gasteiger partial charge in [0.1, 0.15) is 0 Å². The van der Waals surface area contributed by atoms with Crippen LogP contribution in [0.3, 0.4) is 0 Å². The Bertz CT molecular complexity index is 573. The third-order valence-corrected chi connectivity index (χ3v) is 3.68. The zero-order valence-corrected chi connectivity index (χ0v) is 12.0. The lowest BCUT2D eigenvalue weighted by molar-refractivity contribution is -0.123. The van der Waals surface area contributed by atoms with Gasteiger partial charge in [0.05, 0.1) is 17.2 Å². The first-order chi connectivity index (χ1) is 8.90. The fourth-order valence-electron chi connectivity index (χ4n) is 2.05. The number of aromatic carboxylic acids is 1. The molecule has 1 aliphatic rings. The van der Waals surface area contributed by atoms with Gasteiger partial charge in [0, 0.05) is 16.5 Å². The van der Waals surface area contributed by atoms with Gasteiger partial charge in [0.2, 0.25) is 11.8 Å². The number of carbonyl (C=O) groups excluding carboxylic acids is 2. The minimum absolute atomic E-state index is 0.0282. The number of primary amides is 1. The Morgan fingerprint density at radius 3 is 2.63 bits per heavy atom. The second-order valence-electron chi connectivity index (χ2n) is 4.27. The molecular weight excluding hydrogens is 363 g/mol. The SMILES string of the molecule is NC(=O)C1CC(=O)N(c2ccc(I)cc2C(=O)O)C1. The van der Waals surface area contributed by atoms with E-state index in [0.717, 1.165) is 3.57 Å². The monoisotopic (exact) mass is 374 g/mol. The molecule has 0 aliphatic carbocycles. The molecule has 100 valence electrons. The zero-order valence-electron chi connectivity index (χ0n) is 9.80. The Kier molecular flexibility index (Phi) is 3.74. The smallest absolute Gasteiger partial charge is 0.337 e. The van der Waals surface area contributed by atoms with Gasteiger partial charge in [-0.2, -0.15) is 0 Å². The summed E-state index contributed by atoms with van der Waals surface area (Å²) in [6.45, 7) is 0.134. The molecule has 2 rings (SSSR count). The molecule has 0 saturated carbocycles. The van der Waals surface area contributed by atoms with Crippen LogP contribution in [0, 0.1) is 9.49 Å². The molecule has 1 aromatic carbocycles. The fraction of sp³-hybridized carbons (Fsp3) is 0.250. The summed E-state index contributed by atoms with van der Waals surface area (Å²) in [5, 5.41) is 9.18. The van der Waals surface area contributed by atoms with E-state index in [2.05, 4.69) is 0 Å². The van der Waals surface area contributed by atoms with E-state index in [0.29, 0.717) is 5.69 Å². The number of carbonyl (C=O) groups is 3. The molecule has 6 nitrogen and oxygen atoms in total. The van der Waals surface area contributed by atoms with Gasteiger partial charge in [-0.3, -0.25) is 9.59 Å². The predicted octanol–water partition coefficient (Wildman–Crippen LogP) is 0.828. The first-order valence-electron chi connectivity index (χ1n) is 5.52. The molecule has 0 aromatic heterocycles. The van der Waals surface area contributed by atoms with Crippen molar-refractivity contribution in [3.8, 4) is 0 Å². The van der Waals surface area contributed by atoms with Crippen molar-refractivity contribution in [1.29, 1.82) is 0 Å². The summed E-state index contributed by atoms with van der Waals surface area (Å²) in [4.78, 5) is 35.5. The van der Waals surface area contributed by atoms with E-state index in [4.69, 9.17) is 5.73 Å². The van der Waals surface area contributed by atoms with Gasteiger partial charge in [-0.15, -0.1) is 0 Å². The molecule has 0 spiro atoms. The number of rotatable bonds is 3. The number of carboxylic acid groups (broad SMARTS) is 1. The molecule has 2 amide bonds. The highest BCUT2D eigenvalue weighted by molar-refractivity contribution is 14.1. The summed E-state index contributed by atoms with van der Waals surface area (Å²) < 4.78 is 0.761. The van der Waals surface area contributed by atoms with E-state index in [-0.39, 0.29) is 24.4 Å². The van der Waals surface area contributed by atoms with Crippen LogP contribution in [0.5, 0.6) is 0 Å². The van der Waals surface area contributed by atoms with Crippen LogP contribution >= 0.6 is 22.6 Å². The molecule has 1 saturated heterocycles. The molecule has 19 heavy (non-hydrogen) atoms. The van der Waals surface area contributed by atoms with Crippen LogP contribution in [0.15, 0.2) is 18.2 Å². The van der Waals surface area contributed by atoms with Crippen LogP contribution in [0.2, 0.25) is 0 Å². The van der Waals surface area contributed by atoms with Crippen LogP contribution in [0.1, 0.15) is 16.8 Å². The minimum Gasteiger partial charge on any atom is -0.478 e. The van der Waals surface area contributed by atoms with Crippen molar-refractivity contribution < 1.29 is 19.5 Å². The number of anilines is 1. The molecule has 0 bridgehead atoms. The largest absolute Gasteiger partial charge is 0.478 e. The maximum atomic E-state index is 11.9. The quantitative estimate of drug-likeness (QED) is 0.766. The van der Waals surface area contributed by atoms with Crippen LogP contribution < -0.4 is 10.6 Å². The first kappa shape index (κ1) is 13.8. The molecule has 1 heterocycles. The first-order valence-corrected chi connectivity index (χ1v) is 6.60. The summed E-state index contributed by atoms with van der Waals surface area (Å²) in [5.74, 6) is -2.50. The third-order valence-electron chi connectivity index (χ3n) is 3.01. The number of amides is 2. The molecule has 0 radical (unpaired) electrons. The molecule has 3 N–H and O–H groups in total. The summed E-state index contributed by atoms with van der Waals surface area (Å²) in [5.41, 5.74) is 5.54. The van der Waals surface area contributed by atoms with Crippen molar-refractivity contribution in [2.24, 2.45) is 11.7 Å². The van der Waals surface area contributed by atoms with Crippen molar-refractivity contribution >= 4 is 46.1 Å². The molecule has 1 unspecified atom stereocenters. The lowest BCUT2D eigenvalue weighted by atomic mass is 10.1. The normalized spacial score (nSPS) is 18.7. The number of nitrogens with zero attached hydrogens (tertiary/aromatic N) is 1. The Balaban J connectivity index is 2.40. The third kappa shape index (κ3) is 2.70. The van der Waals surface area contributed by atoms with Crippen molar-refractivity contribution in [3.05, 3.63) is 27.3 Å². The predicted molar refractivity (Wildman–Crippen MR) is 75.8 cm³/mol. The van der Waals surface area contributed by atoms with Gasteiger partial charge in [-0.25, -0.2) is 4.79 Å². The maximum Gasteiger partial charge on any atom is 0.337 e. The van der Waals surface area contributed by atoms with Crippen molar-refractivity contribution in [2.75, 3.05) is 11.4 Å². The van der Waals surface area contributed by atoms with Crippen LogP contribution in [-0.4, -0.2) is 29.4 Å². The van der Waals surface area contributed by atoms with Gasteiger partial charge in [-0.1, -0.05) is 0 Å². The maximum absolute atomic E-state index is 11.9. The summed E-state index contributed by atoms with van der Waals surface area (Å²) in [6, 6.07) is 4.78. The number of hydrogen-bond acceptors (Lipinski definition) is 3. The second-order valence-corrected chi connectivity index (χ2v) is 5.52. The van der Waals surface area contributed by atoms with E-state index in [1.807, 2.05) is 22.6 Å². The lowest BCUT2D eigenvalue weighted by Crippen LogP contribution is -2.29.